The molecule has 1 aliphatic carbocycles. The standard InChI is InChI=1S/C18H21NO4/c1-21-16-9-19-17(20)6-11-4-2-3-5-18(11,19)13-8-15-14(7-12(13)16)22-10-23-15/h7-8,11,16H,2-6,9-10H2,1H3/t11-,16-,18-/m0/s1. The van der Waals surface area contributed by atoms with Crippen LogP contribution in [-0.2, 0) is 15.1 Å². The van der Waals surface area contributed by atoms with Gasteiger partial charge in [0.15, 0.2) is 11.5 Å². The first kappa shape index (κ1) is 13.7. The van der Waals surface area contributed by atoms with E-state index in [2.05, 4.69) is 17.0 Å². The van der Waals surface area contributed by atoms with E-state index in [0.717, 1.165) is 24.3 Å². The molecule has 1 aromatic carbocycles. The summed E-state index contributed by atoms with van der Waals surface area (Å²) in [7, 11) is 1.72. The molecule has 3 aliphatic heterocycles. The number of benzene rings is 1. The van der Waals surface area contributed by atoms with E-state index < -0.39 is 0 Å². The van der Waals surface area contributed by atoms with Crippen molar-refractivity contribution in [2.45, 2.75) is 43.7 Å². The van der Waals surface area contributed by atoms with Gasteiger partial charge in [0.2, 0.25) is 12.7 Å². The van der Waals surface area contributed by atoms with Gasteiger partial charge in [0.1, 0.15) is 6.10 Å². The highest BCUT2D eigenvalue weighted by molar-refractivity contribution is 5.82. The molecule has 2 fully saturated rings. The van der Waals surface area contributed by atoms with Crippen LogP contribution >= 0.6 is 0 Å². The minimum atomic E-state index is -0.152. The van der Waals surface area contributed by atoms with Crippen molar-refractivity contribution < 1.29 is 19.0 Å². The fourth-order valence-corrected chi connectivity index (χ4v) is 5.23. The zero-order chi connectivity index (χ0) is 15.6. The largest absolute Gasteiger partial charge is 0.454 e. The number of nitrogens with zero attached hydrogens (tertiary/aromatic N) is 1. The van der Waals surface area contributed by atoms with E-state index in [-0.39, 0.29) is 24.3 Å². The molecule has 0 unspecified atom stereocenters. The summed E-state index contributed by atoms with van der Waals surface area (Å²) in [6.45, 7) is 0.924. The van der Waals surface area contributed by atoms with Crippen LogP contribution in [-0.4, -0.2) is 31.3 Å². The topological polar surface area (TPSA) is 48.0 Å². The maximum Gasteiger partial charge on any atom is 0.231 e. The first-order valence-electron chi connectivity index (χ1n) is 8.51. The van der Waals surface area contributed by atoms with Crippen LogP contribution < -0.4 is 9.47 Å². The van der Waals surface area contributed by atoms with Crippen molar-refractivity contribution in [3.63, 3.8) is 0 Å². The van der Waals surface area contributed by atoms with Crippen LogP contribution in [0, 0.1) is 5.92 Å². The van der Waals surface area contributed by atoms with Crippen molar-refractivity contribution in [1.82, 2.24) is 4.90 Å². The summed E-state index contributed by atoms with van der Waals surface area (Å²) in [4.78, 5) is 14.8. The lowest BCUT2D eigenvalue weighted by Gasteiger charge is -2.51. The molecule has 3 atom stereocenters. The van der Waals surface area contributed by atoms with Crippen molar-refractivity contribution >= 4 is 5.91 Å². The molecule has 1 saturated carbocycles. The molecule has 5 nitrogen and oxygen atoms in total. The van der Waals surface area contributed by atoms with E-state index in [1.165, 1.54) is 24.0 Å². The van der Waals surface area contributed by atoms with Crippen molar-refractivity contribution in [2.75, 3.05) is 20.4 Å². The SMILES string of the molecule is CO[C@H]1CN2C(=O)C[C@@H]3CCCC[C@@]32c2cc3c(cc21)OCO3. The summed E-state index contributed by atoms with van der Waals surface area (Å²) in [6.07, 6.45) is 5.16. The molecule has 122 valence electrons. The Balaban J connectivity index is 1.75. The van der Waals surface area contributed by atoms with Gasteiger partial charge in [-0.15, -0.1) is 0 Å². The molecule has 1 amide bonds. The normalized spacial score (nSPS) is 34.1. The van der Waals surface area contributed by atoms with Gasteiger partial charge in [0.05, 0.1) is 12.1 Å². The van der Waals surface area contributed by atoms with Crippen LogP contribution in [0.4, 0.5) is 0 Å². The highest BCUT2D eigenvalue weighted by Crippen LogP contribution is 2.58. The number of rotatable bonds is 1. The highest BCUT2D eigenvalue weighted by atomic mass is 16.7. The molecule has 1 aromatic rings. The van der Waals surface area contributed by atoms with Crippen LogP contribution in [0.5, 0.6) is 11.5 Å². The summed E-state index contributed by atoms with van der Waals surface area (Å²) < 4.78 is 16.9. The number of methoxy groups -OCH3 is 1. The second-order valence-corrected chi connectivity index (χ2v) is 7.09. The molecule has 0 bridgehead atoms. The first-order chi connectivity index (χ1) is 11.2. The Kier molecular flexibility index (Phi) is 2.75. The van der Waals surface area contributed by atoms with Gasteiger partial charge in [-0.05, 0) is 42.0 Å². The summed E-state index contributed by atoms with van der Waals surface area (Å²) in [5.41, 5.74) is 2.26. The maximum atomic E-state index is 12.7. The van der Waals surface area contributed by atoms with Crippen LogP contribution in [0.1, 0.15) is 49.3 Å². The first-order valence-corrected chi connectivity index (χ1v) is 8.51. The number of hydrogen-bond acceptors (Lipinski definition) is 4. The quantitative estimate of drug-likeness (QED) is 0.799. The number of amides is 1. The lowest BCUT2D eigenvalue weighted by Crippen LogP contribution is -2.53. The maximum absolute atomic E-state index is 12.7. The van der Waals surface area contributed by atoms with Gasteiger partial charge in [-0.25, -0.2) is 0 Å². The molecule has 5 rings (SSSR count). The van der Waals surface area contributed by atoms with Gasteiger partial charge in [-0.1, -0.05) is 12.8 Å². The smallest absolute Gasteiger partial charge is 0.231 e. The monoisotopic (exact) mass is 315 g/mol. The van der Waals surface area contributed by atoms with E-state index >= 15 is 0 Å². The third-order valence-electron chi connectivity index (χ3n) is 6.23. The number of hydrogen-bond donors (Lipinski definition) is 0. The van der Waals surface area contributed by atoms with Gasteiger partial charge in [0, 0.05) is 13.5 Å². The zero-order valence-corrected chi connectivity index (χ0v) is 13.3. The van der Waals surface area contributed by atoms with Crippen LogP contribution in [0.15, 0.2) is 12.1 Å². The number of carbonyl (C=O) groups excluding carboxylic acids is 1. The van der Waals surface area contributed by atoms with Crippen molar-refractivity contribution in [2.24, 2.45) is 5.92 Å². The lowest BCUT2D eigenvalue weighted by atomic mass is 9.66. The summed E-state index contributed by atoms with van der Waals surface area (Å²) in [5.74, 6) is 2.30. The molecule has 0 aromatic heterocycles. The predicted molar refractivity (Wildman–Crippen MR) is 82.3 cm³/mol. The van der Waals surface area contributed by atoms with Crippen LogP contribution in [0.2, 0.25) is 0 Å². The molecule has 0 radical (unpaired) electrons. The highest BCUT2D eigenvalue weighted by Gasteiger charge is 2.58. The van der Waals surface area contributed by atoms with E-state index in [1.54, 1.807) is 7.11 Å². The average molecular weight is 315 g/mol. The molecule has 0 N–H and O–H groups in total. The molecule has 3 heterocycles. The van der Waals surface area contributed by atoms with Crippen molar-refractivity contribution in [3.05, 3.63) is 23.3 Å². The number of carbonyl (C=O) groups is 1. The molecule has 1 spiro atoms. The Labute approximate surface area is 135 Å². The van der Waals surface area contributed by atoms with E-state index in [1.807, 2.05) is 0 Å². The molecular formula is C18H21NO4. The summed E-state index contributed by atoms with van der Waals surface area (Å²) in [6, 6.07) is 4.19. The summed E-state index contributed by atoms with van der Waals surface area (Å²) in [5, 5.41) is 0. The van der Waals surface area contributed by atoms with Gasteiger partial charge >= 0.3 is 0 Å². The third-order valence-corrected chi connectivity index (χ3v) is 6.23. The minimum Gasteiger partial charge on any atom is -0.454 e. The Morgan fingerprint density at radius 1 is 1.26 bits per heavy atom. The van der Waals surface area contributed by atoms with Gasteiger partial charge in [-0.2, -0.15) is 0 Å². The molecule has 1 saturated heterocycles. The fourth-order valence-electron chi connectivity index (χ4n) is 5.23. The van der Waals surface area contributed by atoms with Gasteiger partial charge < -0.3 is 19.1 Å². The molecule has 23 heavy (non-hydrogen) atoms. The average Bonchev–Trinajstić information content (AvgIpc) is 3.13. The van der Waals surface area contributed by atoms with Crippen molar-refractivity contribution in [3.8, 4) is 11.5 Å². The Morgan fingerprint density at radius 2 is 2.09 bits per heavy atom. The third kappa shape index (κ3) is 1.63. The van der Waals surface area contributed by atoms with E-state index in [9.17, 15) is 4.79 Å². The van der Waals surface area contributed by atoms with Gasteiger partial charge in [-0.3, -0.25) is 4.79 Å². The Morgan fingerprint density at radius 3 is 2.91 bits per heavy atom. The van der Waals surface area contributed by atoms with Crippen LogP contribution in [0.25, 0.3) is 0 Å². The van der Waals surface area contributed by atoms with E-state index in [4.69, 9.17) is 14.2 Å². The van der Waals surface area contributed by atoms with E-state index in [0.29, 0.717) is 18.9 Å². The summed E-state index contributed by atoms with van der Waals surface area (Å²) >= 11 is 0. The van der Waals surface area contributed by atoms with Crippen molar-refractivity contribution in [1.29, 1.82) is 0 Å². The van der Waals surface area contributed by atoms with Crippen LogP contribution in [0.3, 0.4) is 0 Å². The lowest BCUT2D eigenvalue weighted by molar-refractivity contribution is -0.136. The Hall–Kier alpha value is -1.75. The molecule has 4 aliphatic rings. The molecular weight excluding hydrogens is 294 g/mol. The zero-order valence-electron chi connectivity index (χ0n) is 13.3. The molecule has 5 heteroatoms. The fraction of sp³-hybridized carbons (Fsp3) is 0.611. The number of ether oxygens (including phenoxy) is 3. The number of fused-ring (bicyclic) bond motifs is 2. The second kappa shape index (κ2) is 4.63. The predicted octanol–water partition coefficient (Wildman–Crippen LogP) is 2.73. The second-order valence-electron chi connectivity index (χ2n) is 7.09. The Bertz CT molecular complexity index is 688. The minimum absolute atomic E-state index is 0.0882. The van der Waals surface area contributed by atoms with Gasteiger partial charge in [0.25, 0.3) is 0 Å².